The summed E-state index contributed by atoms with van der Waals surface area (Å²) in [7, 11) is 0. The Morgan fingerprint density at radius 2 is 1.94 bits per heavy atom. The van der Waals surface area contributed by atoms with Crippen LogP contribution in [0.3, 0.4) is 0 Å². The predicted molar refractivity (Wildman–Crippen MR) is 65.5 cm³/mol. The van der Waals surface area contributed by atoms with E-state index in [2.05, 4.69) is 15.9 Å². The van der Waals surface area contributed by atoms with Crippen LogP contribution in [0.1, 0.15) is 12.0 Å². The van der Waals surface area contributed by atoms with Gasteiger partial charge in [-0.25, -0.2) is 0 Å². The van der Waals surface area contributed by atoms with Crippen LogP contribution < -0.4 is 0 Å². The number of benzene rings is 1. The van der Waals surface area contributed by atoms with Gasteiger partial charge in [0.1, 0.15) is 0 Å². The third-order valence-corrected chi connectivity index (χ3v) is 3.25. The standard InChI is InChI=1S/C10H9BrClF3S/c11-3-1-2-7-4-8(12)6-9(5-7)16-10(13,14)15/h4-6H,1-3H2. The summed E-state index contributed by atoms with van der Waals surface area (Å²) >= 11 is 8.91. The van der Waals surface area contributed by atoms with Gasteiger partial charge in [-0.2, -0.15) is 13.2 Å². The summed E-state index contributed by atoms with van der Waals surface area (Å²) in [5.74, 6) is 0. The Balaban J connectivity index is 2.81. The minimum absolute atomic E-state index is 0.134. The molecule has 0 aliphatic carbocycles. The Morgan fingerprint density at radius 1 is 1.25 bits per heavy atom. The van der Waals surface area contributed by atoms with Gasteiger partial charge in [0.15, 0.2) is 0 Å². The zero-order valence-electron chi connectivity index (χ0n) is 8.15. The molecule has 0 fully saturated rings. The van der Waals surface area contributed by atoms with Crippen LogP contribution >= 0.6 is 39.3 Å². The lowest BCUT2D eigenvalue weighted by Gasteiger charge is -2.08. The maximum Gasteiger partial charge on any atom is 0.446 e. The van der Waals surface area contributed by atoms with Crippen molar-refractivity contribution in [3.63, 3.8) is 0 Å². The average Bonchev–Trinajstić information content (AvgIpc) is 2.10. The molecular formula is C10H9BrClF3S. The van der Waals surface area contributed by atoms with E-state index in [4.69, 9.17) is 11.6 Å². The second-order valence-corrected chi connectivity index (χ2v) is 5.50. The molecule has 0 saturated heterocycles. The van der Waals surface area contributed by atoms with Crippen LogP contribution in [-0.2, 0) is 6.42 Å². The maximum atomic E-state index is 12.2. The van der Waals surface area contributed by atoms with Crippen LogP contribution in [0.25, 0.3) is 0 Å². The number of alkyl halides is 4. The lowest BCUT2D eigenvalue weighted by atomic mass is 10.1. The lowest BCUT2D eigenvalue weighted by molar-refractivity contribution is -0.0328. The molecule has 0 amide bonds. The van der Waals surface area contributed by atoms with Crippen molar-refractivity contribution in [1.82, 2.24) is 0 Å². The number of hydrogen-bond acceptors (Lipinski definition) is 1. The molecular weight excluding hydrogens is 325 g/mol. The molecule has 0 aliphatic heterocycles. The van der Waals surface area contributed by atoms with Crippen LogP contribution in [0.15, 0.2) is 23.1 Å². The average molecular weight is 334 g/mol. The van der Waals surface area contributed by atoms with Crippen molar-refractivity contribution in [1.29, 1.82) is 0 Å². The van der Waals surface area contributed by atoms with Gasteiger partial charge >= 0.3 is 5.51 Å². The highest BCUT2D eigenvalue weighted by atomic mass is 79.9. The van der Waals surface area contributed by atoms with Crippen LogP contribution in [0, 0.1) is 0 Å². The summed E-state index contributed by atoms with van der Waals surface area (Å²) < 4.78 is 36.5. The number of halogens is 5. The van der Waals surface area contributed by atoms with Crippen molar-refractivity contribution >= 4 is 39.3 Å². The molecule has 1 aromatic carbocycles. The molecule has 0 aromatic heterocycles. The Kier molecular flexibility index (Phi) is 5.47. The molecule has 1 aromatic rings. The zero-order valence-corrected chi connectivity index (χ0v) is 11.3. The smallest absolute Gasteiger partial charge is 0.160 e. The third kappa shape index (κ3) is 5.46. The molecule has 0 spiro atoms. The van der Waals surface area contributed by atoms with Crippen molar-refractivity contribution in [2.75, 3.05) is 5.33 Å². The molecule has 0 aliphatic rings. The van der Waals surface area contributed by atoms with E-state index in [1.807, 2.05) is 0 Å². The molecule has 0 nitrogen and oxygen atoms in total. The second kappa shape index (κ2) is 6.17. The van der Waals surface area contributed by atoms with Gasteiger partial charge in [0.25, 0.3) is 0 Å². The molecule has 16 heavy (non-hydrogen) atoms. The third-order valence-electron chi connectivity index (χ3n) is 1.76. The minimum atomic E-state index is -4.27. The largest absolute Gasteiger partial charge is 0.446 e. The van der Waals surface area contributed by atoms with Gasteiger partial charge in [0.05, 0.1) is 0 Å². The molecule has 6 heteroatoms. The van der Waals surface area contributed by atoms with E-state index in [1.165, 1.54) is 12.1 Å². The van der Waals surface area contributed by atoms with E-state index in [0.29, 0.717) is 5.02 Å². The van der Waals surface area contributed by atoms with Crippen molar-refractivity contribution in [3.8, 4) is 0 Å². The van der Waals surface area contributed by atoms with Gasteiger partial charge in [0.2, 0.25) is 0 Å². The fourth-order valence-corrected chi connectivity index (χ4v) is 2.49. The SMILES string of the molecule is FC(F)(F)Sc1cc(Cl)cc(CCCBr)c1. The van der Waals surface area contributed by atoms with Gasteiger partial charge in [-0.3, -0.25) is 0 Å². The van der Waals surface area contributed by atoms with Crippen LogP contribution in [-0.4, -0.2) is 10.8 Å². The summed E-state index contributed by atoms with van der Waals surface area (Å²) in [6, 6.07) is 4.56. The van der Waals surface area contributed by atoms with Crippen molar-refractivity contribution < 1.29 is 13.2 Å². The Labute approximate surface area is 110 Å². The summed E-state index contributed by atoms with van der Waals surface area (Å²) in [6.07, 6.45) is 1.59. The van der Waals surface area contributed by atoms with E-state index >= 15 is 0 Å². The van der Waals surface area contributed by atoms with Gasteiger partial charge < -0.3 is 0 Å². The highest BCUT2D eigenvalue weighted by molar-refractivity contribution is 9.09. The van der Waals surface area contributed by atoms with Crippen molar-refractivity contribution in [3.05, 3.63) is 28.8 Å². The van der Waals surface area contributed by atoms with E-state index < -0.39 is 5.51 Å². The van der Waals surface area contributed by atoms with Gasteiger partial charge in [-0.1, -0.05) is 27.5 Å². The van der Waals surface area contributed by atoms with E-state index in [1.54, 1.807) is 6.07 Å². The molecule has 0 bridgehead atoms. The Hall–Kier alpha value is 0.130. The lowest BCUT2D eigenvalue weighted by Crippen LogP contribution is -1.99. The highest BCUT2D eigenvalue weighted by Crippen LogP contribution is 2.38. The van der Waals surface area contributed by atoms with Gasteiger partial charge in [0, 0.05) is 15.2 Å². The van der Waals surface area contributed by atoms with Gasteiger partial charge in [-0.15, -0.1) is 0 Å². The first-order valence-electron chi connectivity index (χ1n) is 4.52. The molecule has 0 radical (unpaired) electrons. The van der Waals surface area contributed by atoms with E-state index in [-0.39, 0.29) is 16.7 Å². The predicted octanol–water partition coefficient (Wildman–Crippen LogP) is 5.28. The Bertz CT molecular complexity index is 354. The van der Waals surface area contributed by atoms with E-state index in [0.717, 1.165) is 23.7 Å². The number of hydrogen-bond donors (Lipinski definition) is 0. The summed E-state index contributed by atoms with van der Waals surface area (Å²) in [6.45, 7) is 0. The molecule has 0 unspecified atom stereocenters. The quantitative estimate of drug-likeness (QED) is 0.533. The topological polar surface area (TPSA) is 0 Å². The summed E-state index contributed by atoms with van der Waals surface area (Å²) in [5, 5.41) is 1.17. The van der Waals surface area contributed by atoms with Crippen molar-refractivity contribution in [2.45, 2.75) is 23.2 Å². The first-order valence-corrected chi connectivity index (χ1v) is 6.83. The number of thioether (sulfide) groups is 1. The normalized spacial score (nSPS) is 11.8. The zero-order chi connectivity index (χ0) is 12.2. The van der Waals surface area contributed by atoms with E-state index in [9.17, 15) is 13.2 Å². The molecule has 0 atom stereocenters. The first-order chi connectivity index (χ1) is 7.40. The van der Waals surface area contributed by atoms with Crippen LogP contribution in [0.4, 0.5) is 13.2 Å². The van der Waals surface area contributed by atoms with Crippen molar-refractivity contribution in [2.24, 2.45) is 0 Å². The van der Waals surface area contributed by atoms with Gasteiger partial charge in [-0.05, 0) is 48.4 Å². The molecule has 0 N–H and O–H groups in total. The fraction of sp³-hybridized carbons (Fsp3) is 0.400. The second-order valence-electron chi connectivity index (χ2n) is 3.14. The highest BCUT2D eigenvalue weighted by Gasteiger charge is 2.29. The van der Waals surface area contributed by atoms with Crippen LogP contribution in [0.2, 0.25) is 5.02 Å². The first kappa shape index (κ1) is 14.2. The molecule has 90 valence electrons. The van der Waals surface area contributed by atoms with Crippen LogP contribution in [0.5, 0.6) is 0 Å². The number of aryl methyl sites for hydroxylation is 1. The summed E-state index contributed by atoms with van der Waals surface area (Å²) in [4.78, 5) is 0.143. The number of rotatable bonds is 4. The Morgan fingerprint density at radius 3 is 2.50 bits per heavy atom. The summed E-state index contributed by atoms with van der Waals surface area (Å²) in [5.41, 5.74) is -3.43. The monoisotopic (exact) mass is 332 g/mol. The molecule has 0 saturated carbocycles. The fourth-order valence-electron chi connectivity index (χ4n) is 1.23. The minimum Gasteiger partial charge on any atom is -0.160 e. The molecule has 1 rings (SSSR count). The molecule has 0 heterocycles. The maximum absolute atomic E-state index is 12.2.